The zero-order valence-electron chi connectivity index (χ0n) is 15.1. The average Bonchev–Trinajstić information content (AvgIpc) is 2.73. The Kier molecular flexibility index (Phi) is 4.65. The van der Waals surface area contributed by atoms with Crippen molar-refractivity contribution in [3.05, 3.63) is 89.5 Å². The van der Waals surface area contributed by atoms with Crippen LogP contribution < -0.4 is 4.74 Å². The Balaban J connectivity index is 1.64. The Bertz CT molecular complexity index is 983. The minimum absolute atomic E-state index is 0.0831. The van der Waals surface area contributed by atoms with Gasteiger partial charge in [-0.25, -0.2) is 0 Å². The number of fused-ring (bicyclic) bond motifs is 1. The van der Waals surface area contributed by atoms with Crippen molar-refractivity contribution in [3.8, 4) is 16.9 Å². The molecule has 1 aliphatic heterocycles. The molecule has 4 heteroatoms. The third-order valence-corrected chi connectivity index (χ3v) is 4.98. The van der Waals surface area contributed by atoms with Crippen LogP contribution >= 0.6 is 0 Å². The number of hydrogen-bond acceptors (Lipinski definition) is 3. The SMILES string of the molecule is COc1ccccc1-c1cccc(C(=O)N2Cc3ccccc3[C@@H](O)C2)c1. The lowest BCUT2D eigenvalue weighted by Gasteiger charge is -2.32. The van der Waals surface area contributed by atoms with Gasteiger partial charge in [-0.3, -0.25) is 4.79 Å². The highest BCUT2D eigenvalue weighted by Gasteiger charge is 2.27. The molecule has 1 heterocycles. The molecule has 0 saturated carbocycles. The van der Waals surface area contributed by atoms with Crippen molar-refractivity contribution in [3.63, 3.8) is 0 Å². The molecule has 136 valence electrons. The molecule has 4 nitrogen and oxygen atoms in total. The van der Waals surface area contributed by atoms with E-state index >= 15 is 0 Å². The molecule has 0 aliphatic carbocycles. The standard InChI is InChI=1S/C23H21NO3/c1-27-22-12-5-4-11-20(22)16-8-6-9-17(13-16)23(26)24-14-18-7-2-3-10-19(18)21(25)15-24/h2-13,21,25H,14-15H2,1H3/t21-/m0/s1. The van der Waals surface area contributed by atoms with Crippen LogP contribution in [0.4, 0.5) is 0 Å². The van der Waals surface area contributed by atoms with E-state index in [1.807, 2.05) is 72.8 Å². The van der Waals surface area contributed by atoms with Crippen molar-refractivity contribution in [2.75, 3.05) is 13.7 Å². The number of carbonyl (C=O) groups excluding carboxylic acids is 1. The first-order chi connectivity index (χ1) is 13.2. The van der Waals surface area contributed by atoms with Gasteiger partial charge >= 0.3 is 0 Å². The Morgan fingerprint density at radius 1 is 1.04 bits per heavy atom. The highest BCUT2D eigenvalue weighted by molar-refractivity contribution is 5.96. The predicted molar refractivity (Wildman–Crippen MR) is 105 cm³/mol. The van der Waals surface area contributed by atoms with Crippen molar-refractivity contribution in [2.45, 2.75) is 12.6 Å². The molecule has 1 atom stereocenters. The third kappa shape index (κ3) is 3.32. The van der Waals surface area contributed by atoms with E-state index in [2.05, 4.69) is 0 Å². The van der Waals surface area contributed by atoms with Gasteiger partial charge in [0.1, 0.15) is 5.75 Å². The number of rotatable bonds is 3. The van der Waals surface area contributed by atoms with Crippen molar-refractivity contribution >= 4 is 5.91 Å². The van der Waals surface area contributed by atoms with E-state index in [4.69, 9.17) is 4.74 Å². The summed E-state index contributed by atoms with van der Waals surface area (Å²) in [5, 5.41) is 10.4. The molecule has 0 fully saturated rings. The summed E-state index contributed by atoms with van der Waals surface area (Å²) in [6.07, 6.45) is -0.656. The van der Waals surface area contributed by atoms with E-state index in [0.717, 1.165) is 28.0 Å². The fourth-order valence-electron chi connectivity index (χ4n) is 3.62. The van der Waals surface area contributed by atoms with Crippen molar-refractivity contribution in [2.24, 2.45) is 0 Å². The molecule has 0 radical (unpaired) electrons. The molecule has 0 saturated heterocycles. The van der Waals surface area contributed by atoms with Crippen LogP contribution in [-0.4, -0.2) is 29.6 Å². The van der Waals surface area contributed by atoms with E-state index in [1.54, 1.807) is 12.0 Å². The maximum absolute atomic E-state index is 13.1. The molecular formula is C23H21NO3. The van der Waals surface area contributed by atoms with Crippen LogP contribution in [0.15, 0.2) is 72.8 Å². The lowest BCUT2D eigenvalue weighted by Crippen LogP contribution is -2.38. The molecular weight excluding hydrogens is 338 g/mol. The van der Waals surface area contributed by atoms with E-state index < -0.39 is 6.10 Å². The molecule has 0 aromatic heterocycles. The molecule has 0 unspecified atom stereocenters. The molecule has 1 N–H and O–H groups in total. The maximum atomic E-state index is 13.1. The number of hydrogen-bond donors (Lipinski definition) is 1. The molecule has 1 amide bonds. The molecule has 3 aromatic rings. The highest BCUT2D eigenvalue weighted by Crippen LogP contribution is 2.31. The van der Waals surface area contributed by atoms with Gasteiger partial charge in [-0.15, -0.1) is 0 Å². The number of nitrogens with zero attached hydrogens (tertiary/aromatic N) is 1. The van der Waals surface area contributed by atoms with E-state index in [0.29, 0.717) is 18.7 Å². The van der Waals surface area contributed by atoms with E-state index in [-0.39, 0.29) is 5.91 Å². The molecule has 3 aromatic carbocycles. The lowest BCUT2D eigenvalue weighted by atomic mass is 9.96. The van der Waals surface area contributed by atoms with Crippen LogP contribution in [-0.2, 0) is 6.54 Å². The Morgan fingerprint density at radius 2 is 1.81 bits per heavy atom. The molecule has 1 aliphatic rings. The summed E-state index contributed by atoms with van der Waals surface area (Å²) in [5.74, 6) is 0.685. The van der Waals surface area contributed by atoms with Gasteiger partial charge in [0.15, 0.2) is 0 Å². The highest BCUT2D eigenvalue weighted by atomic mass is 16.5. The van der Waals surface area contributed by atoms with Crippen LogP contribution in [0.5, 0.6) is 5.75 Å². The van der Waals surface area contributed by atoms with Gasteiger partial charge in [0.2, 0.25) is 0 Å². The summed E-state index contributed by atoms with van der Waals surface area (Å²) in [4.78, 5) is 14.8. The number of aliphatic hydroxyl groups is 1. The first-order valence-corrected chi connectivity index (χ1v) is 8.96. The number of ether oxygens (including phenoxy) is 1. The zero-order valence-corrected chi connectivity index (χ0v) is 15.1. The quantitative estimate of drug-likeness (QED) is 0.767. The van der Waals surface area contributed by atoms with E-state index in [1.165, 1.54) is 0 Å². The molecule has 0 spiro atoms. The van der Waals surface area contributed by atoms with Crippen molar-refractivity contribution in [1.82, 2.24) is 4.90 Å². The number of methoxy groups -OCH3 is 1. The fraction of sp³-hybridized carbons (Fsp3) is 0.174. The van der Waals surface area contributed by atoms with Gasteiger partial charge in [-0.1, -0.05) is 54.6 Å². The maximum Gasteiger partial charge on any atom is 0.254 e. The number of benzene rings is 3. The number of para-hydroxylation sites is 1. The molecule has 4 rings (SSSR count). The number of β-amino-alcohol motifs (C(OH)–C–C–N with tert-alkyl or cyclic N) is 1. The predicted octanol–water partition coefficient (Wildman–Crippen LogP) is 4.05. The number of amides is 1. The van der Waals surface area contributed by atoms with Gasteiger partial charge in [-0.2, -0.15) is 0 Å². The van der Waals surface area contributed by atoms with Gasteiger partial charge in [0.05, 0.1) is 19.8 Å². The van der Waals surface area contributed by atoms with Gasteiger partial charge in [-0.05, 0) is 34.9 Å². The average molecular weight is 359 g/mol. The first-order valence-electron chi connectivity index (χ1n) is 8.96. The van der Waals surface area contributed by atoms with Gasteiger partial charge in [0, 0.05) is 17.7 Å². The van der Waals surface area contributed by atoms with Gasteiger partial charge in [0.25, 0.3) is 5.91 Å². The lowest BCUT2D eigenvalue weighted by molar-refractivity contribution is 0.0550. The van der Waals surface area contributed by atoms with Crippen LogP contribution in [0, 0.1) is 0 Å². The molecule has 27 heavy (non-hydrogen) atoms. The Labute approximate surface area is 158 Å². The normalized spacial score (nSPS) is 15.9. The second kappa shape index (κ2) is 7.25. The number of carbonyl (C=O) groups is 1. The van der Waals surface area contributed by atoms with Crippen molar-refractivity contribution < 1.29 is 14.6 Å². The summed E-state index contributed by atoms with van der Waals surface area (Å²) >= 11 is 0. The first kappa shape index (κ1) is 17.3. The second-order valence-corrected chi connectivity index (χ2v) is 6.68. The summed E-state index contributed by atoms with van der Waals surface area (Å²) in [6, 6.07) is 23.0. The van der Waals surface area contributed by atoms with E-state index in [9.17, 15) is 9.90 Å². The summed E-state index contributed by atoms with van der Waals surface area (Å²) in [7, 11) is 1.64. The van der Waals surface area contributed by atoms with Gasteiger partial charge < -0.3 is 14.7 Å². The summed E-state index contributed by atoms with van der Waals surface area (Å²) < 4.78 is 5.44. The largest absolute Gasteiger partial charge is 0.496 e. The minimum atomic E-state index is -0.656. The topological polar surface area (TPSA) is 49.8 Å². The van der Waals surface area contributed by atoms with Crippen LogP contribution in [0.25, 0.3) is 11.1 Å². The monoisotopic (exact) mass is 359 g/mol. The molecule has 0 bridgehead atoms. The summed E-state index contributed by atoms with van der Waals surface area (Å²) in [6.45, 7) is 0.805. The zero-order chi connectivity index (χ0) is 18.8. The third-order valence-electron chi connectivity index (χ3n) is 4.98. The van der Waals surface area contributed by atoms with Crippen LogP contribution in [0.1, 0.15) is 27.6 Å². The smallest absolute Gasteiger partial charge is 0.254 e. The Hall–Kier alpha value is -3.11. The van der Waals surface area contributed by atoms with Crippen molar-refractivity contribution in [1.29, 1.82) is 0 Å². The minimum Gasteiger partial charge on any atom is -0.496 e. The Morgan fingerprint density at radius 3 is 2.67 bits per heavy atom. The fourth-order valence-corrected chi connectivity index (χ4v) is 3.62. The van der Waals surface area contributed by atoms with Crippen LogP contribution in [0.3, 0.4) is 0 Å². The second-order valence-electron chi connectivity index (χ2n) is 6.68. The summed E-state index contributed by atoms with van der Waals surface area (Å²) in [5.41, 5.74) is 4.37. The number of aliphatic hydroxyl groups excluding tert-OH is 1. The van der Waals surface area contributed by atoms with Crippen LogP contribution in [0.2, 0.25) is 0 Å².